The Morgan fingerprint density at radius 3 is 2.71 bits per heavy atom. The van der Waals surface area contributed by atoms with Crippen molar-refractivity contribution < 1.29 is 4.79 Å². The molecule has 0 atom stereocenters. The van der Waals surface area contributed by atoms with Gasteiger partial charge in [-0.1, -0.05) is 0 Å². The molecule has 0 spiro atoms. The molecule has 108 valence electrons. The molecule has 1 saturated heterocycles. The molecule has 0 aliphatic carbocycles. The lowest BCUT2D eigenvalue weighted by molar-refractivity contribution is 0.0712. The number of aromatic nitrogens is 2. The first kappa shape index (κ1) is 13.7. The molecule has 2 aromatic heterocycles. The van der Waals surface area contributed by atoms with Gasteiger partial charge in [0.1, 0.15) is 0 Å². The Bertz CT molecular complexity index is 619. The number of amides is 1. The minimum Gasteiger partial charge on any atom is -0.339 e. The highest BCUT2D eigenvalue weighted by Gasteiger charge is 2.24. The van der Waals surface area contributed by atoms with Crippen LogP contribution in [-0.2, 0) is 0 Å². The fourth-order valence-electron chi connectivity index (χ4n) is 2.91. The first-order valence-corrected chi connectivity index (χ1v) is 7.36. The summed E-state index contributed by atoms with van der Waals surface area (Å²) in [5, 5.41) is 0. The van der Waals surface area contributed by atoms with Gasteiger partial charge in [-0.05, 0) is 55.5 Å². The van der Waals surface area contributed by atoms with E-state index in [1.54, 1.807) is 18.5 Å². The smallest absolute Gasteiger partial charge is 0.255 e. The van der Waals surface area contributed by atoms with Crippen molar-refractivity contribution in [3.8, 4) is 0 Å². The summed E-state index contributed by atoms with van der Waals surface area (Å²) < 4.78 is 0. The lowest BCUT2D eigenvalue weighted by Gasteiger charge is -2.32. The normalized spacial score (nSPS) is 16.0. The van der Waals surface area contributed by atoms with E-state index in [0.29, 0.717) is 11.5 Å². The van der Waals surface area contributed by atoms with E-state index in [1.165, 1.54) is 5.56 Å². The second kappa shape index (κ2) is 6.04. The monoisotopic (exact) mass is 281 g/mol. The molecule has 4 nitrogen and oxygen atoms in total. The van der Waals surface area contributed by atoms with Crippen LogP contribution in [0.25, 0.3) is 0 Å². The van der Waals surface area contributed by atoms with Crippen molar-refractivity contribution in [2.24, 2.45) is 0 Å². The molecule has 21 heavy (non-hydrogen) atoms. The fourth-order valence-corrected chi connectivity index (χ4v) is 2.91. The minimum atomic E-state index is 0.0902. The van der Waals surface area contributed by atoms with Gasteiger partial charge in [0.25, 0.3) is 5.91 Å². The molecule has 1 amide bonds. The summed E-state index contributed by atoms with van der Waals surface area (Å²) in [4.78, 5) is 22.6. The molecular weight excluding hydrogens is 262 g/mol. The zero-order valence-electron chi connectivity index (χ0n) is 12.2. The molecule has 0 N–H and O–H groups in total. The third-order valence-corrected chi connectivity index (χ3v) is 4.08. The Hall–Kier alpha value is -2.23. The van der Waals surface area contributed by atoms with Crippen molar-refractivity contribution in [2.45, 2.75) is 25.7 Å². The van der Waals surface area contributed by atoms with Gasteiger partial charge in [0, 0.05) is 37.4 Å². The van der Waals surface area contributed by atoms with E-state index in [2.05, 4.69) is 22.1 Å². The Morgan fingerprint density at radius 2 is 2.05 bits per heavy atom. The molecule has 0 radical (unpaired) electrons. The van der Waals surface area contributed by atoms with Crippen LogP contribution in [0.2, 0.25) is 0 Å². The summed E-state index contributed by atoms with van der Waals surface area (Å²) in [6.45, 7) is 3.63. The van der Waals surface area contributed by atoms with E-state index in [9.17, 15) is 4.79 Å². The average Bonchev–Trinajstić information content (AvgIpc) is 2.55. The molecule has 2 aromatic rings. The van der Waals surface area contributed by atoms with Crippen molar-refractivity contribution in [2.75, 3.05) is 13.1 Å². The summed E-state index contributed by atoms with van der Waals surface area (Å²) in [6.07, 6.45) is 7.22. The number of carbonyl (C=O) groups excluding carboxylic acids is 1. The van der Waals surface area contributed by atoms with Gasteiger partial charge < -0.3 is 4.90 Å². The van der Waals surface area contributed by atoms with Crippen molar-refractivity contribution in [3.05, 3.63) is 59.7 Å². The predicted molar refractivity (Wildman–Crippen MR) is 81.1 cm³/mol. The van der Waals surface area contributed by atoms with Gasteiger partial charge in [0.05, 0.1) is 5.56 Å². The van der Waals surface area contributed by atoms with Crippen LogP contribution < -0.4 is 0 Å². The molecule has 0 bridgehead atoms. The van der Waals surface area contributed by atoms with Gasteiger partial charge in [-0.25, -0.2) is 0 Å². The summed E-state index contributed by atoms with van der Waals surface area (Å²) in [5.41, 5.74) is 3.08. The summed E-state index contributed by atoms with van der Waals surface area (Å²) in [6, 6.07) is 7.88. The molecule has 0 unspecified atom stereocenters. The van der Waals surface area contributed by atoms with Crippen LogP contribution >= 0.6 is 0 Å². The number of rotatable bonds is 2. The Morgan fingerprint density at radius 1 is 1.24 bits per heavy atom. The molecule has 3 rings (SSSR count). The maximum absolute atomic E-state index is 12.4. The Labute approximate surface area is 124 Å². The van der Waals surface area contributed by atoms with Crippen LogP contribution in [-0.4, -0.2) is 33.9 Å². The maximum atomic E-state index is 12.4. The van der Waals surface area contributed by atoms with Crippen molar-refractivity contribution in [3.63, 3.8) is 0 Å². The van der Waals surface area contributed by atoms with E-state index in [1.807, 2.05) is 24.1 Å². The van der Waals surface area contributed by atoms with E-state index in [4.69, 9.17) is 0 Å². The largest absolute Gasteiger partial charge is 0.339 e. The van der Waals surface area contributed by atoms with Crippen LogP contribution in [0.5, 0.6) is 0 Å². The summed E-state index contributed by atoms with van der Waals surface area (Å²) in [5.74, 6) is 0.622. The second-order valence-electron chi connectivity index (χ2n) is 5.54. The standard InChI is InChI=1S/C17H19N3O/c1-13-11-15(4-8-19-13)14-5-9-20(10-6-14)17(21)16-3-2-7-18-12-16/h2-4,7-8,11-12,14H,5-6,9-10H2,1H3. The molecule has 1 aliphatic rings. The van der Waals surface area contributed by atoms with Gasteiger partial charge in [0.2, 0.25) is 0 Å². The molecular formula is C17H19N3O. The van der Waals surface area contributed by atoms with Crippen LogP contribution in [0, 0.1) is 6.92 Å². The number of hydrogen-bond donors (Lipinski definition) is 0. The number of aryl methyl sites for hydroxylation is 1. The van der Waals surface area contributed by atoms with Crippen LogP contribution in [0.4, 0.5) is 0 Å². The van der Waals surface area contributed by atoms with E-state index in [-0.39, 0.29) is 5.91 Å². The number of nitrogens with zero attached hydrogens (tertiary/aromatic N) is 3. The molecule has 1 aliphatic heterocycles. The highest BCUT2D eigenvalue weighted by molar-refractivity contribution is 5.93. The van der Waals surface area contributed by atoms with E-state index < -0.39 is 0 Å². The van der Waals surface area contributed by atoms with Gasteiger partial charge in [-0.15, -0.1) is 0 Å². The number of hydrogen-bond acceptors (Lipinski definition) is 3. The third-order valence-electron chi connectivity index (χ3n) is 4.08. The number of carbonyl (C=O) groups is 1. The molecule has 4 heteroatoms. The zero-order chi connectivity index (χ0) is 14.7. The first-order valence-electron chi connectivity index (χ1n) is 7.36. The Kier molecular flexibility index (Phi) is 3.95. The molecule has 3 heterocycles. The fraction of sp³-hybridized carbons (Fsp3) is 0.353. The van der Waals surface area contributed by atoms with Crippen LogP contribution in [0.3, 0.4) is 0 Å². The highest BCUT2D eigenvalue weighted by Crippen LogP contribution is 2.28. The SMILES string of the molecule is Cc1cc(C2CCN(C(=O)c3cccnc3)CC2)ccn1. The average molecular weight is 281 g/mol. The quantitative estimate of drug-likeness (QED) is 0.850. The lowest BCUT2D eigenvalue weighted by Crippen LogP contribution is -2.37. The predicted octanol–water partition coefficient (Wildman–Crippen LogP) is 2.80. The molecule has 1 fully saturated rings. The third kappa shape index (κ3) is 3.10. The summed E-state index contributed by atoms with van der Waals surface area (Å²) in [7, 11) is 0. The van der Waals surface area contributed by atoms with Crippen LogP contribution in [0.15, 0.2) is 42.9 Å². The van der Waals surface area contributed by atoms with E-state index >= 15 is 0 Å². The van der Waals surface area contributed by atoms with Gasteiger partial charge in [-0.2, -0.15) is 0 Å². The van der Waals surface area contributed by atoms with Crippen molar-refractivity contribution in [1.82, 2.24) is 14.9 Å². The van der Waals surface area contributed by atoms with E-state index in [0.717, 1.165) is 31.6 Å². The molecule has 0 saturated carbocycles. The maximum Gasteiger partial charge on any atom is 0.255 e. The Balaban J connectivity index is 1.64. The lowest BCUT2D eigenvalue weighted by atomic mass is 9.89. The van der Waals surface area contributed by atoms with Gasteiger partial charge >= 0.3 is 0 Å². The second-order valence-corrected chi connectivity index (χ2v) is 5.54. The minimum absolute atomic E-state index is 0.0902. The zero-order valence-corrected chi connectivity index (χ0v) is 12.2. The number of likely N-dealkylation sites (tertiary alicyclic amines) is 1. The van der Waals surface area contributed by atoms with Crippen molar-refractivity contribution >= 4 is 5.91 Å². The summed E-state index contributed by atoms with van der Waals surface area (Å²) >= 11 is 0. The number of pyridine rings is 2. The van der Waals surface area contributed by atoms with Crippen LogP contribution in [0.1, 0.15) is 40.4 Å². The molecule has 0 aromatic carbocycles. The van der Waals surface area contributed by atoms with Crippen molar-refractivity contribution in [1.29, 1.82) is 0 Å². The topological polar surface area (TPSA) is 46.1 Å². The van der Waals surface area contributed by atoms with Gasteiger partial charge in [0.15, 0.2) is 0 Å². The van der Waals surface area contributed by atoms with Gasteiger partial charge in [-0.3, -0.25) is 14.8 Å². The first-order chi connectivity index (χ1) is 10.2. The highest BCUT2D eigenvalue weighted by atomic mass is 16.2. The number of piperidine rings is 1.